The van der Waals surface area contributed by atoms with Gasteiger partial charge in [0, 0.05) is 5.56 Å². The van der Waals surface area contributed by atoms with Crippen molar-refractivity contribution in [2.24, 2.45) is 0 Å². The monoisotopic (exact) mass is 541 g/mol. The van der Waals surface area contributed by atoms with Gasteiger partial charge in [-0.05, 0) is 72.3 Å². The molecule has 0 spiro atoms. The van der Waals surface area contributed by atoms with Crippen molar-refractivity contribution >= 4 is 34.1 Å². The molecule has 2 aliphatic rings. The topological polar surface area (TPSA) is 48.7 Å². The number of anilines is 6. The summed E-state index contributed by atoms with van der Waals surface area (Å²) < 4.78 is 12.8. The number of hydrogen-bond donors (Lipinski definition) is 0. The summed E-state index contributed by atoms with van der Waals surface area (Å²) in [6.45, 7) is 0. The molecule has 5 heteroatoms. The molecule has 2 heterocycles. The highest BCUT2D eigenvalue weighted by molar-refractivity contribution is 6.03. The number of nitrogens with zero attached hydrogens (tertiary/aromatic N) is 3. The van der Waals surface area contributed by atoms with Gasteiger partial charge in [-0.15, -0.1) is 0 Å². The Morgan fingerprint density at radius 3 is 1.33 bits per heavy atom. The molecule has 0 fully saturated rings. The summed E-state index contributed by atoms with van der Waals surface area (Å²) in [5.41, 5.74) is 8.38. The van der Waals surface area contributed by atoms with Gasteiger partial charge < -0.3 is 19.3 Å². The number of benzene rings is 6. The first-order valence-electron chi connectivity index (χ1n) is 13.8. The lowest BCUT2D eigenvalue weighted by Crippen LogP contribution is -2.22. The lowest BCUT2D eigenvalue weighted by atomic mass is 9.97. The predicted octanol–water partition coefficient (Wildman–Crippen LogP) is 10.4. The Balaban J connectivity index is 1.47. The summed E-state index contributed by atoms with van der Waals surface area (Å²) >= 11 is 0. The third-order valence-electron chi connectivity index (χ3n) is 7.67. The molecule has 0 saturated carbocycles. The van der Waals surface area contributed by atoms with Crippen LogP contribution in [0.1, 0.15) is 5.56 Å². The minimum atomic E-state index is 0.620. The number of ether oxygens (including phenoxy) is 2. The fraction of sp³-hybridized carbons (Fsp3) is 0. The highest BCUT2D eigenvalue weighted by atomic mass is 16.5. The number of hydrogen-bond acceptors (Lipinski definition) is 5. The first-order valence-corrected chi connectivity index (χ1v) is 13.8. The summed E-state index contributed by atoms with van der Waals surface area (Å²) in [6.07, 6.45) is 0. The number of para-hydroxylation sites is 9. The van der Waals surface area contributed by atoms with Crippen molar-refractivity contribution in [3.63, 3.8) is 0 Å². The maximum Gasteiger partial charge on any atom is 0.151 e. The molecule has 8 rings (SSSR count). The van der Waals surface area contributed by atoms with E-state index in [1.165, 1.54) is 0 Å². The molecular weight excluding hydrogens is 518 g/mol. The van der Waals surface area contributed by atoms with Gasteiger partial charge in [0.1, 0.15) is 0 Å². The summed E-state index contributed by atoms with van der Waals surface area (Å²) in [6, 6.07) is 48.9. The average Bonchev–Trinajstić information content (AvgIpc) is 3.06. The second kappa shape index (κ2) is 9.58. The van der Waals surface area contributed by atoms with E-state index in [4.69, 9.17) is 9.47 Å². The number of fused-ring (bicyclic) bond motifs is 4. The Morgan fingerprint density at radius 2 is 0.857 bits per heavy atom. The fourth-order valence-electron chi connectivity index (χ4n) is 5.81. The lowest BCUT2D eigenvalue weighted by Gasteiger charge is -2.39. The van der Waals surface area contributed by atoms with Gasteiger partial charge in [0.15, 0.2) is 23.0 Å². The lowest BCUT2D eigenvalue weighted by molar-refractivity contribution is 0.476. The van der Waals surface area contributed by atoms with Crippen molar-refractivity contribution in [1.29, 1.82) is 5.26 Å². The van der Waals surface area contributed by atoms with Crippen LogP contribution in [0.3, 0.4) is 0 Å². The molecule has 0 N–H and O–H groups in total. The molecule has 0 amide bonds. The Labute approximate surface area is 243 Å². The Bertz CT molecular complexity index is 1940. The van der Waals surface area contributed by atoms with Crippen LogP contribution in [0.25, 0.3) is 11.1 Å². The molecule has 6 aromatic carbocycles. The Hall–Kier alpha value is -5.99. The van der Waals surface area contributed by atoms with Gasteiger partial charge in [-0.2, -0.15) is 5.26 Å². The molecule has 42 heavy (non-hydrogen) atoms. The van der Waals surface area contributed by atoms with E-state index in [9.17, 15) is 5.26 Å². The number of nitriles is 1. The van der Waals surface area contributed by atoms with Crippen LogP contribution in [0.15, 0.2) is 140 Å². The first kappa shape index (κ1) is 23.9. The third kappa shape index (κ3) is 3.71. The standard InChI is InChI=1S/C37H23N3O2/c38-24-25-20-22-26(23-21-25)27-10-9-15-32(39-28-11-1-5-16-33(28)41-34-17-6-2-12-29(34)39)37(27)40-30-13-3-7-18-35(30)42-36-19-8-4-14-31(36)40/h1-23H. The van der Waals surface area contributed by atoms with Gasteiger partial charge in [-0.3, -0.25) is 0 Å². The molecule has 2 aliphatic heterocycles. The summed E-state index contributed by atoms with van der Waals surface area (Å²) in [7, 11) is 0. The van der Waals surface area contributed by atoms with Gasteiger partial charge in [0.05, 0.1) is 45.8 Å². The van der Waals surface area contributed by atoms with E-state index in [-0.39, 0.29) is 0 Å². The largest absolute Gasteiger partial charge is 0.453 e. The maximum atomic E-state index is 9.49. The van der Waals surface area contributed by atoms with E-state index in [0.717, 1.165) is 68.2 Å². The van der Waals surface area contributed by atoms with Crippen LogP contribution in [-0.4, -0.2) is 0 Å². The molecule has 0 unspecified atom stereocenters. The van der Waals surface area contributed by atoms with Crippen molar-refractivity contribution in [3.8, 4) is 40.2 Å². The minimum Gasteiger partial charge on any atom is -0.453 e. The van der Waals surface area contributed by atoms with Gasteiger partial charge in [0.25, 0.3) is 0 Å². The van der Waals surface area contributed by atoms with Crippen LogP contribution in [0.4, 0.5) is 34.1 Å². The van der Waals surface area contributed by atoms with Gasteiger partial charge in [-0.1, -0.05) is 72.8 Å². The molecule has 0 aromatic heterocycles. The zero-order valence-electron chi connectivity index (χ0n) is 22.4. The normalized spacial score (nSPS) is 12.5. The van der Waals surface area contributed by atoms with Crippen molar-refractivity contribution in [2.75, 3.05) is 9.80 Å². The SMILES string of the molecule is N#Cc1ccc(-c2cccc(N3c4ccccc4Oc4ccccc43)c2N2c3ccccc3Oc3ccccc32)cc1. The second-order valence-corrected chi connectivity index (χ2v) is 10.1. The summed E-state index contributed by atoms with van der Waals surface area (Å²) in [5.74, 6) is 3.13. The quantitative estimate of drug-likeness (QED) is 0.223. The van der Waals surface area contributed by atoms with Crippen LogP contribution in [-0.2, 0) is 0 Å². The van der Waals surface area contributed by atoms with Crippen LogP contribution in [0.2, 0.25) is 0 Å². The third-order valence-corrected chi connectivity index (χ3v) is 7.67. The number of rotatable bonds is 3. The Morgan fingerprint density at radius 1 is 0.429 bits per heavy atom. The van der Waals surface area contributed by atoms with Gasteiger partial charge in [-0.25, -0.2) is 0 Å². The minimum absolute atomic E-state index is 0.620. The van der Waals surface area contributed by atoms with E-state index in [2.05, 4.69) is 58.3 Å². The van der Waals surface area contributed by atoms with Crippen LogP contribution in [0.5, 0.6) is 23.0 Å². The molecule has 0 atom stereocenters. The summed E-state index contributed by atoms with van der Waals surface area (Å²) in [5, 5.41) is 9.49. The van der Waals surface area contributed by atoms with E-state index in [1.54, 1.807) is 0 Å². The molecule has 0 aliphatic carbocycles. The van der Waals surface area contributed by atoms with Crippen LogP contribution >= 0.6 is 0 Å². The maximum absolute atomic E-state index is 9.49. The first-order chi connectivity index (χ1) is 20.8. The molecule has 0 bridgehead atoms. The molecular formula is C37H23N3O2. The van der Waals surface area contributed by atoms with Crippen LogP contribution < -0.4 is 19.3 Å². The van der Waals surface area contributed by atoms with Crippen molar-refractivity contribution in [3.05, 3.63) is 145 Å². The van der Waals surface area contributed by atoms with Crippen molar-refractivity contribution in [1.82, 2.24) is 0 Å². The molecule has 5 nitrogen and oxygen atoms in total. The molecule has 0 saturated heterocycles. The molecule has 0 radical (unpaired) electrons. The van der Waals surface area contributed by atoms with E-state index >= 15 is 0 Å². The highest BCUT2D eigenvalue weighted by Gasteiger charge is 2.33. The zero-order valence-corrected chi connectivity index (χ0v) is 22.4. The smallest absolute Gasteiger partial charge is 0.151 e. The average molecular weight is 542 g/mol. The van der Waals surface area contributed by atoms with E-state index < -0.39 is 0 Å². The van der Waals surface area contributed by atoms with Gasteiger partial charge in [0.2, 0.25) is 0 Å². The fourth-order valence-corrected chi connectivity index (χ4v) is 5.81. The highest BCUT2D eigenvalue weighted by Crippen LogP contribution is 2.58. The summed E-state index contributed by atoms with van der Waals surface area (Å²) in [4.78, 5) is 4.56. The zero-order chi connectivity index (χ0) is 28.0. The Kier molecular flexibility index (Phi) is 5.44. The second-order valence-electron chi connectivity index (χ2n) is 10.1. The molecule has 6 aromatic rings. The van der Waals surface area contributed by atoms with Crippen molar-refractivity contribution in [2.45, 2.75) is 0 Å². The predicted molar refractivity (Wildman–Crippen MR) is 166 cm³/mol. The molecule has 198 valence electrons. The van der Waals surface area contributed by atoms with E-state index in [1.807, 2.05) is 97.1 Å². The van der Waals surface area contributed by atoms with Gasteiger partial charge >= 0.3 is 0 Å². The van der Waals surface area contributed by atoms with E-state index in [0.29, 0.717) is 5.56 Å². The van der Waals surface area contributed by atoms with Crippen molar-refractivity contribution < 1.29 is 9.47 Å². The van der Waals surface area contributed by atoms with Crippen LogP contribution in [0, 0.1) is 11.3 Å².